The molecule has 2 rings (SSSR count). The molecule has 118 valence electrons. The number of thiophene rings is 1. The van der Waals surface area contributed by atoms with Gasteiger partial charge in [-0.3, -0.25) is 4.90 Å². The summed E-state index contributed by atoms with van der Waals surface area (Å²) >= 11 is 4.09. The first kappa shape index (κ1) is 16.9. The fourth-order valence-corrected chi connectivity index (χ4v) is 6.29. The monoisotopic (exact) mass is 396 g/mol. The molecule has 1 atom stereocenters. The summed E-state index contributed by atoms with van der Waals surface area (Å²) in [7, 11) is -3.66. The summed E-state index contributed by atoms with van der Waals surface area (Å²) < 4.78 is 27.1. The van der Waals surface area contributed by atoms with E-state index < -0.39 is 16.0 Å². The summed E-state index contributed by atoms with van der Waals surface area (Å²) in [6.45, 7) is 6.46. The van der Waals surface area contributed by atoms with Crippen LogP contribution in [0, 0.1) is 0 Å². The number of nitrogens with zero attached hydrogens (tertiary/aromatic N) is 2. The Kier molecular flexibility index (Phi) is 5.09. The van der Waals surface area contributed by atoms with E-state index in [4.69, 9.17) is 5.11 Å². The van der Waals surface area contributed by atoms with Gasteiger partial charge >= 0.3 is 5.97 Å². The molecular weight excluding hydrogens is 380 g/mol. The first-order valence-corrected chi connectivity index (χ1v) is 9.59. The molecule has 0 spiro atoms. The fraction of sp³-hybridized carbons (Fsp3) is 0.583. The lowest BCUT2D eigenvalue weighted by Gasteiger charge is -2.38. The van der Waals surface area contributed by atoms with E-state index in [0.717, 1.165) is 17.9 Å². The number of carbonyl (C=O) groups is 1. The average molecular weight is 397 g/mol. The zero-order chi connectivity index (χ0) is 15.8. The standard InChI is InChI=1S/C12H17BrN2O4S2/c1-3-14-4-5-15(7-8(14)2)21(18,19)10-6-9(12(16)17)20-11(10)13/h6,8H,3-5,7H2,1-2H3,(H,16,17). The number of likely N-dealkylation sites (N-methyl/N-ethyl adjacent to an activating group) is 1. The van der Waals surface area contributed by atoms with Gasteiger partial charge in [0.05, 0.1) is 3.79 Å². The van der Waals surface area contributed by atoms with Crippen molar-refractivity contribution in [3.05, 3.63) is 14.7 Å². The van der Waals surface area contributed by atoms with Gasteiger partial charge in [-0.05, 0) is 35.5 Å². The van der Waals surface area contributed by atoms with Gasteiger partial charge in [0.2, 0.25) is 10.0 Å². The second-order valence-corrected chi connectivity index (χ2v) is 9.17. The van der Waals surface area contributed by atoms with E-state index in [1.54, 1.807) is 0 Å². The van der Waals surface area contributed by atoms with Crippen molar-refractivity contribution in [1.82, 2.24) is 9.21 Å². The number of halogens is 1. The molecular formula is C12H17BrN2O4S2. The van der Waals surface area contributed by atoms with Crippen LogP contribution in [0.2, 0.25) is 0 Å². The predicted octanol–water partition coefficient (Wildman–Crippen LogP) is 1.92. The van der Waals surface area contributed by atoms with Gasteiger partial charge in [0.25, 0.3) is 0 Å². The van der Waals surface area contributed by atoms with Crippen LogP contribution in [0.1, 0.15) is 23.5 Å². The Labute approximate surface area is 136 Å². The van der Waals surface area contributed by atoms with Gasteiger partial charge in [0, 0.05) is 25.7 Å². The second kappa shape index (κ2) is 6.33. The first-order valence-electron chi connectivity index (χ1n) is 6.54. The molecule has 21 heavy (non-hydrogen) atoms. The molecule has 1 aromatic heterocycles. The molecule has 1 saturated heterocycles. The van der Waals surface area contributed by atoms with Crippen molar-refractivity contribution in [2.24, 2.45) is 0 Å². The molecule has 1 aliphatic heterocycles. The van der Waals surface area contributed by atoms with Crippen molar-refractivity contribution in [2.45, 2.75) is 24.8 Å². The molecule has 0 amide bonds. The fourth-order valence-electron chi connectivity index (χ4n) is 2.42. The maximum atomic E-state index is 12.7. The minimum atomic E-state index is -3.66. The third kappa shape index (κ3) is 3.31. The van der Waals surface area contributed by atoms with Gasteiger partial charge in [-0.15, -0.1) is 11.3 Å². The number of piperazine rings is 1. The number of hydrogen-bond acceptors (Lipinski definition) is 5. The van der Waals surface area contributed by atoms with Crippen LogP contribution in [0.5, 0.6) is 0 Å². The number of sulfonamides is 1. The third-order valence-corrected chi connectivity index (χ3v) is 7.72. The number of rotatable bonds is 4. The highest BCUT2D eigenvalue weighted by molar-refractivity contribution is 9.11. The Morgan fingerprint density at radius 3 is 2.67 bits per heavy atom. The highest BCUT2D eigenvalue weighted by Gasteiger charge is 2.34. The molecule has 1 N–H and O–H groups in total. The Morgan fingerprint density at radius 2 is 2.19 bits per heavy atom. The minimum Gasteiger partial charge on any atom is -0.477 e. The molecule has 0 radical (unpaired) electrons. The molecule has 1 aliphatic rings. The van der Waals surface area contributed by atoms with Crippen molar-refractivity contribution < 1.29 is 18.3 Å². The summed E-state index contributed by atoms with van der Waals surface area (Å²) in [5.41, 5.74) is 0. The van der Waals surface area contributed by atoms with E-state index in [1.165, 1.54) is 10.4 Å². The third-order valence-electron chi connectivity index (χ3n) is 3.62. The van der Waals surface area contributed by atoms with Crippen LogP contribution in [0.25, 0.3) is 0 Å². The molecule has 0 aliphatic carbocycles. The van der Waals surface area contributed by atoms with Gasteiger partial charge in [-0.1, -0.05) is 6.92 Å². The average Bonchev–Trinajstić information content (AvgIpc) is 2.81. The lowest BCUT2D eigenvalue weighted by molar-refractivity contribution is 0.0702. The van der Waals surface area contributed by atoms with Crippen molar-refractivity contribution in [2.75, 3.05) is 26.2 Å². The van der Waals surface area contributed by atoms with Crippen LogP contribution in [0.15, 0.2) is 14.7 Å². The van der Waals surface area contributed by atoms with E-state index in [-0.39, 0.29) is 15.8 Å². The van der Waals surface area contributed by atoms with Gasteiger partial charge in [-0.2, -0.15) is 4.31 Å². The van der Waals surface area contributed by atoms with E-state index >= 15 is 0 Å². The SMILES string of the molecule is CCN1CCN(S(=O)(=O)c2cc(C(=O)O)sc2Br)CC1C. The number of carboxylic acids is 1. The molecule has 0 bridgehead atoms. The summed E-state index contributed by atoms with van der Waals surface area (Å²) in [6.07, 6.45) is 0. The van der Waals surface area contributed by atoms with Gasteiger partial charge in [0.1, 0.15) is 9.77 Å². The lowest BCUT2D eigenvalue weighted by Crippen LogP contribution is -2.53. The van der Waals surface area contributed by atoms with Gasteiger partial charge in [-0.25, -0.2) is 13.2 Å². The number of hydrogen-bond donors (Lipinski definition) is 1. The Hall–Kier alpha value is -0.480. The number of carboxylic acid groups (broad SMARTS) is 1. The van der Waals surface area contributed by atoms with E-state index in [2.05, 4.69) is 27.8 Å². The number of aromatic carboxylic acids is 1. The normalized spacial score (nSPS) is 21.6. The van der Waals surface area contributed by atoms with Crippen LogP contribution in [-0.4, -0.2) is 60.9 Å². The molecule has 9 heteroatoms. The zero-order valence-electron chi connectivity index (χ0n) is 11.7. The van der Waals surface area contributed by atoms with Crippen molar-refractivity contribution in [1.29, 1.82) is 0 Å². The molecule has 1 aromatic rings. The molecule has 0 aromatic carbocycles. The Balaban J connectivity index is 2.29. The van der Waals surface area contributed by atoms with Gasteiger partial charge in [0.15, 0.2) is 0 Å². The second-order valence-electron chi connectivity index (χ2n) is 4.89. The summed E-state index contributed by atoms with van der Waals surface area (Å²) in [6, 6.07) is 1.37. The smallest absolute Gasteiger partial charge is 0.345 e. The van der Waals surface area contributed by atoms with Crippen molar-refractivity contribution in [3.63, 3.8) is 0 Å². The highest BCUT2D eigenvalue weighted by atomic mass is 79.9. The van der Waals surface area contributed by atoms with Crippen LogP contribution in [0.3, 0.4) is 0 Å². The van der Waals surface area contributed by atoms with Crippen LogP contribution in [-0.2, 0) is 10.0 Å². The van der Waals surface area contributed by atoms with E-state index in [9.17, 15) is 13.2 Å². The van der Waals surface area contributed by atoms with Crippen molar-refractivity contribution in [3.8, 4) is 0 Å². The topological polar surface area (TPSA) is 77.9 Å². The summed E-state index contributed by atoms with van der Waals surface area (Å²) in [5, 5.41) is 8.98. The molecule has 1 unspecified atom stereocenters. The molecule has 1 fully saturated rings. The summed E-state index contributed by atoms with van der Waals surface area (Å²) in [5.74, 6) is -1.12. The Morgan fingerprint density at radius 1 is 1.52 bits per heavy atom. The van der Waals surface area contributed by atoms with Crippen LogP contribution >= 0.6 is 27.3 Å². The van der Waals surface area contributed by atoms with Crippen molar-refractivity contribution >= 4 is 43.3 Å². The van der Waals surface area contributed by atoms with Crippen LogP contribution < -0.4 is 0 Å². The highest BCUT2D eigenvalue weighted by Crippen LogP contribution is 2.34. The minimum absolute atomic E-state index is 0.0145. The molecule has 2 heterocycles. The van der Waals surface area contributed by atoms with Crippen LogP contribution in [0.4, 0.5) is 0 Å². The van der Waals surface area contributed by atoms with E-state index in [0.29, 0.717) is 23.4 Å². The maximum absolute atomic E-state index is 12.7. The quantitative estimate of drug-likeness (QED) is 0.840. The van der Waals surface area contributed by atoms with E-state index in [1.807, 2.05) is 6.92 Å². The lowest BCUT2D eigenvalue weighted by atomic mass is 10.2. The predicted molar refractivity (Wildman–Crippen MR) is 84.4 cm³/mol. The molecule has 6 nitrogen and oxygen atoms in total. The Bertz CT molecular complexity index is 644. The van der Waals surface area contributed by atoms with Gasteiger partial charge < -0.3 is 5.11 Å². The zero-order valence-corrected chi connectivity index (χ0v) is 15.0. The molecule has 0 saturated carbocycles. The maximum Gasteiger partial charge on any atom is 0.345 e. The largest absolute Gasteiger partial charge is 0.477 e. The first-order chi connectivity index (χ1) is 9.77. The summed E-state index contributed by atoms with van der Waals surface area (Å²) in [4.78, 5) is 13.3.